The molecule has 0 spiro atoms. The molecule has 0 atom stereocenters. The fourth-order valence-corrected chi connectivity index (χ4v) is 4.23. The van der Waals surface area contributed by atoms with Gasteiger partial charge in [-0.25, -0.2) is 9.67 Å². The van der Waals surface area contributed by atoms with Crippen molar-refractivity contribution < 1.29 is 4.79 Å². The molecule has 11 heteroatoms. The van der Waals surface area contributed by atoms with Crippen LogP contribution in [-0.2, 0) is 0 Å². The average molecular weight is 473 g/mol. The van der Waals surface area contributed by atoms with Gasteiger partial charge in [0.15, 0.2) is 5.65 Å². The Kier molecular flexibility index (Phi) is 4.73. The van der Waals surface area contributed by atoms with Crippen LogP contribution in [0.2, 0.25) is 5.02 Å². The second-order valence-electron chi connectivity index (χ2n) is 7.94. The minimum absolute atomic E-state index is 0.185. The average Bonchev–Trinajstić information content (AvgIpc) is 3.34. The third-order valence-corrected chi connectivity index (χ3v) is 5.98. The molecule has 0 unspecified atom stereocenters. The number of pyridine rings is 1. The summed E-state index contributed by atoms with van der Waals surface area (Å²) in [6, 6.07) is 10.1. The molecule has 10 nitrogen and oxygen atoms in total. The van der Waals surface area contributed by atoms with Crippen LogP contribution in [0.25, 0.3) is 17.0 Å². The van der Waals surface area contributed by atoms with Gasteiger partial charge in [0.2, 0.25) is 0 Å². The summed E-state index contributed by atoms with van der Waals surface area (Å²) < 4.78 is 3.18. The molecule has 0 bridgehead atoms. The molecule has 4 aromatic heterocycles. The molecule has 1 aromatic carbocycles. The van der Waals surface area contributed by atoms with Crippen LogP contribution in [0.4, 0.5) is 5.69 Å². The summed E-state index contributed by atoms with van der Waals surface area (Å²) in [4.78, 5) is 31.3. The Morgan fingerprint density at radius 2 is 1.85 bits per heavy atom. The Hall–Kier alpha value is -4.31. The van der Waals surface area contributed by atoms with Gasteiger partial charge >= 0.3 is 0 Å². The van der Waals surface area contributed by atoms with Gasteiger partial charge in [-0.3, -0.25) is 14.0 Å². The van der Waals surface area contributed by atoms with Crippen LogP contribution in [0.1, 0.15) is 34.8 Å². The molecule has 0 saturated heterocycles. The largest absolute Gasteiger partial charge is 0.322 e. The quantitative estimate of drug-likeness (QED) is 0.420. The molecule has 1 aliphatic rings. The highest BCUT2D eigenvalue weighted by atomic mass is 35.5. The number of hydrogen-bond donors (Lipinski definition) is 1. The van der Waals surface area contributed by atoms with E-state index in [2.05, 4.69) is 25.6 Å². The molecule has 1 saturated carbocycles. The lowest BCUT2D eigenvalue weighted by molar-refractivity contribution is 0.102. The summed E-state index contributed by atoms with van der Waals surface area (Å²) in [6.45, 7) is 0. The summed E-state index contributed by atoms with van der Waals surface area (Å²) >= 11 is 6.39. The first-order valence-electron chi connectivity index (χ1n) is 10.6. The number of anilines is 1. The highest BCUT2D eigenvalue weighted by Crippen LogP contribution is 2.43. The fourth-order valence-electron chi connectivity index (χ4n) is 3.97. The number of benzene rings is 1. The summed E-state index contributed by atoms with van der Waals surface area (Å²) in [5.74, 6) is -0.0877. The van der Waals surface area contributed by atoms with E-state index in [0.29, 0.717) is 33.3 Å². The zero-order chi connectivity index (χ0) is 23.2. The van der Waals surface area contributed by atoms with Crippen LogP contribution in [0.3, 0.4) is 0 Å². The highest BCUT2D eigenvalue weighted by Gasteiger charge is 2.33. The summed E-state index contributed by atoms with van der Waals surface area (Å²) in [7, 11) is 0. The van der Waals surface area contributed by atoms with E-state index in [0.717, 1.165) is 18.5 Å². The van der Waals surface area contributed by atoms with Crippen LogP contribution in [0.15, 0.2) is 72.2 Å². The van der Waals surface area contributed by atoms with Gasteiger partial charge in [-0.05, 0) is 43.2 Å². The van der Waals surface area contributed by atoms with Crippen molar-refractivity contribution in [3.8, 4) is 11.4 Å². The fraction of sp³-hybridized carbons (Fsp3) is 0.130. The maximum atomic E-state index is 13.2. The zero-order valence-corrected chi connectivity index (χ0v) is 18.4. The number of nitrogens with zero attached hydrogens (tertiary/aromatic N) is 7. The van der Waals surface area contributed by atoms with E-state index in [1.54, 1.807) is 53.7 Å². The Morgan fingerprint density at radius 1 is 1.03 bits per heavy atom. The van der Waals surface area contributed by atoms with Crippen molar-refractivity contribution in [3.05, 3.63) is 94.0 Å². The Labute approximate surface area is 197 Å². The number of fused-ring (bicyclic) bond motifs is 1. The molecule has 34 heavy (non-hydrogen) atoms. The van der Waals surface area contributed by atoms with Crippen molar-refractivity contribution in [1.82, 2.24) is 34.2 Å². The Bertz CT molecular complexity index is 1600. The van der Waals surface area contributed by atoms with Crippen LogP contribution < -0.4 is 10.9 Å². The van der Waals surface area contributed by atoms with Crippen molar-refractivity contribution >= 4 is 28.8 Å². The van der Waals surface area contributed by atoms with Crippen molar-refractivity contribution in [2.75, 3.05) is 5.32 Å². The second-order valence-corrected chi connectivity index (χ2v) is 8.35. The highest BCUT2D eigenvalue weighted by molar-refractivity contribution is 6.32. The molecule has 4 heterocycles. The van der Waals surface area contributed by atoms with Gasteiger partial charge in [0.25, 0.3) is 11.5 Å². The molecule has 1 fully saturated rings. The van der Waals surface area contributed by atoms with Crippen molar-refractivity contribution in [1.29, 1.82) is 0 Å². The van der Waals surface area contributed by atoms with Gasteiger partial charge in [0, 0.05) is 30.1 Å². The van der Waals surface area contributed by atoms with Crippen LogP contribution in [0, 0.1) is 0 Å². The van der Waals surface area contributed by atoms with Crippen LogP contribution in [-0.4, -0.2) is 40.1 Å². The molecule has 1 amide bonds. The van der Waals surface area contributed by atoms with E-state index < -0.39 is 0 Å². The number of carbonyl (C=O) groups is 1. The first kappa shape index (κ1) is 20.3. The SMILES string of the molecule is O=C(Nc1ccc(-n2nccn2)c(Cl)c1)c1cnn(-c2cccn3c(=O)ccnc23)c1C1CC1. The predicted molar refractivity (Wildman–Crippen MR) is 125 cm³/mol. The Balaban J connectivity index is 1.36. The molecule has 5 aromatic rings. The maximum absolute atomic E-state index is 13.2. The minimum Gasteiger partial charge on any atom is -0.322 e. The second kappa shape index (κ2) is 7.92. The maximum Gasteiger partial charge on any atom is 0.259 e. The summed E-state index contributed by atoms with van der Waals surface area (Å²) in [6.07, 6.45) is 9.73. The van der Waals surface area contributed by atoms with E-state index in [1.807, 2.05) is 6.07 Å². The minimum atomic E-state index is -0.292. The molecular formula is C23H17ClN8O2. The number of halogens is 1. The molecule has 0 aliphatic heterocycles. The number of hydrogen-bond acceptors (Lipinski definition) is 6. The van der Waals surface area contributed by atoms with Gasteiger partial charge in [-0.2, -0.15) is 20.1 Å². The first-order valence-corrected chi connectivity index (χ1v) is 11.0. The summed E-state index contributed by atoms with van der Waals surface area (Å²) in [5, 5.41) is 16.0. The van der Waals surface area contributed by atoms with E-state index in [-0.39, 0.29) is 17.4 Å². The predicted octanol–water partition coefficient (Wildman–Crippen LogP) is 3.24. The summed E-state index contributed by atoms with van der Waals surface area (Å²) in [5.41, 5.74) is 3.34. The van der Waals surface area contributed by atoms with Crippen molar-refractivity contribution in [2.45, 2.75) is 18.8 Å². The number of carbonyl (C=O) groups excluding carboxylic acids is 1. The normalized spacial score (nSPS) is 13.3. The first-order chi connectivity index (χ1) is 16.6. The van der Waals surface area contributed by atoms with E-state index >= 15 is 0 Å². The smallest absolute Gasteiger partial charge is 0.259 e. The van der Waals surface area contributed by atoms with Crippen molar-refractivity contribution in [3.63, 3.8) is 0 Å². The lowest BCUT2D eigenvalue weighted by Crippen LogP contribution is -2.17. The number of amides is 1. The van der Waals surface area contributed by atoms with Gasteiger partial charge in [0.05, 0.1) is 34.9 Å². The Morgan fingerprint density at radius 3 is 2.62 bits per heavy atom. The lowest BCUT2D eigenvalue weighted by atomic mass is 10.1. The molecular weight excluding hydrogens is 456 g/mol. The molecule has 6 rings (SSSR count). The molecule has 168 valence electrons. The molecule has 1 N–H and O–H groups in total. The van der Waals surface area contributed by atoms with Gasteiger partial charge in [-0.1, -0.05) is 11.6 Å². The lowest BCUT2D eigenvalue weighted by Gasteiger charge is -2.12. The van der Waals surface area contributed by atoms with Gasteiger partial charge < -0.3 is 5.32 Å². The molecule has 1 aliphatic carbocycles. The number of aromatic nitrogens is 7. The number of nitrogens with one attached hydrogen (secondary N) is 1. The standard InChI is InChI=1S/C23H17ClN8O2/c24-17-12-15(5-6-18(17)32-26-9-10-27-32)29-23(34)16-13-28-31(21(16)14-3-4-14)19-2-1-11-30-20(33)7-8-25-22(19)30/h1-2,5-14H,3-4H2,(H,29,34). The van der Waals surface area contributed by atoms with E-state index in [9.17, 15) is 9.59 Å². The zero-order valence-electron chi connectivity index (χ0n) is 17.7. The third-order valence-electron chi connectivity index (χ3n) is 5.68. The monoisotopic (exact) mass is 472 g/mol. The van der Waals surface area contributed by atoms with E-state index in [1.165, 1.54) is 21.5 Å². The van der Waals surface area contributed by atoms with E-state index in [4.69, 9.17) is 11.6 Å². The van der Waals surface area contributed by atoms with Crippen molar-refractivity contribution in [2.24, 2.45) is 0 Å². The third kappa shape index (κ3) is 3.44. The topological polar surface area (TPSA) is 112 Å². The van der Waals surface area contributed by atoms with Gasteiger partial charge in [0.1, 0.15) is 11.4 Å². The van der Waals surface area contributed by atoms with Crippen LogP contribution in [0.5, 0.6) is 0 Å². The number of rotatable bonds is 5. The van der Waals surface area contributed by atoms with Gasteiger partial charge in [-0.15, -0.1) is 0 Å². The molecule has 0 radical (unpaired) electrons. The van der Waals surface area contributed by atoms with Crippen LogP contribution >= 0.6 is 11.6 Å².